The van der Waals surface area contributed by atoms with Gasteiger partial charge in [0.15, 0.2) is 0 Å². The van der Waals surface area contributed by atoms with Gasteiger partial charge < -0.3 is 15.5 Å². The smallest absolute Gasteiger partial charge is 0.237 e. The summed E-state index contributed by atoms with van der Waals surface area (Å²) >= 11 is 0. The molecule has 108 valence electrons. The van der Waals surface area contributed by atoms with E-state index in [1.807, 2.05) is 4.90 Å². The first-order valence-corrected chi connectivity index (χ1v) is 7.16. The maximum absolute atomic E-state index is 11.8. The second kappa shape index (κ2) is 6.86. The first kappa shape index (κ1) is 14.3. The van der Waals surface area contributed by atoms with Gasteiger partial charge in [0.1, 0.15) is 0 Å². The molecule has 19 heavy (non-hydrogen) atoms. The fourth-order valence-corrected chi connectivity index (χ4v) is 2.66. The van der Waals surface area contributed by atoms with Gasteiger partial charge in [-0.3, -0.25) is 14.5 Å². The molecule has 1 unspecified atom stereocenters. The molecule has 0 saturated carbocycles. The lowest BCUT2D eigenvalue weighted by atomic mass is 10.2. The molecule has 0 aliphatic carbocycles. The van der Waals surface area contributed by atoms with Crippen LogP contribution in [0.15, 0.2) is 0 Å². The lowest BCUT2D eigenvalue weighted by Crippen LogP contribution is -2.50. The van der Waals surface area contributed by atoms with Gasteiger partial charge in [0, 0.05) is 46.2 Å². The Morgan fingerprint density at radius 3 is 2.58 bits per heavy atom. The molecule has 2 aliphatic heterocycles. The molecule has 0 bridgehead atoms. The van der Waals surface area contributed by atoms with Crippen LogP contribution in [0.4, 0.5) is 0 Å². The van der Waals surface area contributed by atoms with Crippen molar-refractivity contribution in [1.82, 2.24) is 20.4 Å². The number of nitrogens with zero attached hydrogens (tertiary/aromatic N) is 2. The highest BCUT2D eigenvalue weighted by molar-refractivity contribution is 5.81. The Labute approximate surface area is 114 Å². The van der Waals surface area contributed by atoms with Gasteiger partial charge in [-0.1, -0.05) is 0 Å². The minimum absolute atomic E-state index is 0.00885. The van der Waals surface area contributed by atoms with Crippen molar-refractivity contribution in [3.05, 3.63) is 0 Å². The van der Waals surface area contributed by atoms with Crippen LogP contribution in [-0.4, -0.2) is 73.5 Å². The highest BCUT2D eigenvalue weighted by Crippen LogP contribution is 2.04. The summed E-state index contributed by atoms with van der Waals surface area (Å²) in [5, 5.41) is 6.18. The molecular weight excluding hydrogens is 244 g/mol. The Kier molecular flexibility index (Phi) is 5.15. The van der Waals surface area contributed by atoms with E-state index in [4.69, 9.17) is 0 Å². The van der Waals surface area contributed by atoms with E-state index in [0.717, 1.165) is 52.1 Å². The zero-order chi connectivity index (χ0) is 13.7. The minimum atomic E-state index is 0.00885. The van der Waals surface area contributed by atoms with Gasteiger partial charge in [-0.2, -0.15) is 0 Å². The van der Waals surface area contributed by atoms with Gasteiger partial charge in [0.25, 0.3) is 0 Å². The molecule has 2 fully saturated rings. The summed E-state index contributed by atoms with van der Waals surface area (Å²) in [5.41, 5.74) is 0. The summed E-state index contributed by atoms with van der Waals surface area (Å²) < 4.78 is 0. The first-order chi connectivity index (χ1) is 9.16. The van der Waals surface area contributed by atoms with Crippen molar-refractivity contribution in [2.75, 3.05) is 45.8 Å². The van der Waals surface area contributed by atoms with Crippen LogP contribution >= 0.6 is 0 Å². The third kappa shape index (κ3) is 4.18. The number of piperazine rings is 1. The van der Waals surface area contributed by atoms with E-state index >= 15 is 0 Å². The second-order valence-electron chi connectivity index (χ2n) is 5.29. The van der Waals surface area contributed by atoms with E-state index in [1.165, 1.54) is 0 Å². The third-order valence-electron chi connectivity index (χ3n) is 3.92. The topological polar surface area (TPSA) is 64.7 Å². The minimum Gasteiger partial charge on any atom is -0.353 e. The Hall–Kier alpha value is -1.14. The highest BCUT2D eigenvalue weighted by Gasteiger charge is 2.22. The molecule has 2 amide bonds. The summed E-state index contributed by atoms with van der Waals surface area (Å²) in [4.78, 5) is 27.1. The van der Waals surface area contributed by atoms with Gasteiger partial charge in [-0.15, -0.1) is 0 Å². The number of amides is 2. The van der Waals surface area contributed by atoms with Crippen LogP contribution in [0.2, 0.25) is 0 Å². The normalized spacial score (nSPS) is 24.5. The number of carbonyl (C=O) groups is 2. The molecule has 2 N–H and O–H groups in total. The largest absolute Gasteiger partial charge is 0.353 e. The Bertz CT molecular complexity index is 321. The summed E-state index contributed by atoms with van der Waals surface area (Å²) in [7, 11) is 0. The number of hydrogen-bond acceptors (Lipinski definition) is 4. The molecule has 0 radical (unpaired) electrons. The van der Waals surface area contributed by atoms with E-state index in [1.54, 1.807) is 6.92 Å². The molecule has 2 saturated heterocycles. The van der Waals surface area contributed by atoms with Gasteiger partial charge in [-0.05, 0) is 19.4 Å². The van der Waals surface area contributed by atoms with Crippen molar-refractivity contribution in [1.29, 1.82) is 0 Å². The predicted octanol–water partition coefficient (Wildman–Crippen LogP) is -0.981. The van der Waals surface area contributed by atoms with Gasteiger partial charge in [-0.25, -0.2) is 0 Å². The summed E-state index contributed by atoms with van der Waals surface area (Å²) in [6, 6.07) is 0.00885. The Morgan fingerprint density at radius 2 is 2.00 bits per heavy atom. The molecule has 6 nitrogen and oxygen atoms in total. The van der Waals surface area contributed by atoms with Crippen LogP contribution in [0.5, 0.6) is 0 Å². The average molecular weight is 268 g/mol. The zero-order valence-electron chi connectivity index (χ0n) is 11.7. The average Bonchev–Trinajstić information content (AvgIpc) is 2.93. The molecule has 2 aliphatic rings. The maximum atomic E-state index is 11.8. The molecular formula is C13H24N4O2. The standard InChI is InChI=1S/C13H24N4O2/c1-11(18)17-9-7-16(8-10-17)6-5-15-13(19)12-3-2-4-14-12/h12,14H,2-10H2,1H3,(H,15,19). The monoisotopic (exact) mass is 268 g/mol. The highest BCUT2D eigenvalue weighted by atomic mass is 16.2. The van der Waals surface area contributed by atoms with Gasteiger partial charge in [0.05, 0.1) is 6.04 Å². The summed E-state index contributed by atoms with van der Waals surface area (Å²) in [6.07, 6.45) is 2.04. The second-order valence-corrected chi connectivity index (χ2v) is 5.29. The molecule has 2 rings (SSSR count). The molecule has 0 aromatic heterocycles. The third-order valence-corrected chi connectivity index (χ3v) is 3.92. The lowest BCUT2D eigenvalue weighted by molar-refractivity contribution is -0.130. The summed E-state index contributed by atoms with van der Waals surface area (Å²) in [6.45, 7) is 7.52. The molecule has 2 heterocycles. The van der Waals surface area contributed by atoms with Crippen molar-refractivity contribution >= 4 is 11.8 Å². The Morgan fingerprint density at radius 1 is 1.26 bits per heavy atom. The number of nitrogens with one attached hydrogen (secondary N) is 2. The lowest BCUT2D eigenvalue weighted by Gasteiger charge is -2.34. The Balaban J connectivity index is 1.59. The van der Waals surface area contributed by atoms with Crippen LogP contribution in [0.3, 0.4) is 0 Å². The molecule has 6 heteroatoms. The fraction of sp³-hybridized carbons (Fsp3) is 0.846. The van der Waals surface area contributed by atoms with Crippen LogP contribution in [0.25, 0.3) is 0 Å². The van der Waals surface area contributed by atoms with Gasteiger partial charge >= 0.3 is 0 Å². The number of hydrogen-bond donors (Lipinski definition) is 2. The van der Waals surface area contributed by atoms with E-state index in [9.17, 15) is 9.59 Å². The SMILES string of the molecule is CC(=O)N1CCN(CCNC(=O)C2CCCN2)CC1. The molecule has 1 atom stereocenters. The van der Waals surface area contributed by atoms with Crippen molar-refractivity contribution < 1.29 is 9.59 Å². The quantitative estimate of drug-likeness (QED) is 0.688. The van der Waals surface area contributed by atoms with Crippen LogP contribution < -0.4 is 10.6 Å². The van der Waals surface area contributed by atoms with E-state index in [2.05, 4.69) is 15.5 Å². The van der Waals surface area contributed by atoms with Crippen molar-refractivity contribution in [2.24, 2.45) is 0 Å². The van der Waals surface area contributed by atoms with Crippen LogP contribution in [-0.2, 0) is 9.59 Å². The van der Waals surface area contributed by atoms with Crippen molar-refractivity contribution in [2.45, 2.75) is 25.8 Å². The zero-order valence-corrected chi connectivity index (χ0v) is 11.7. The fourth-order valence-electron chi connectivity index (χ4n) is 2.66. The number of carbonyl (C=O) groups excluding carboxylic acids is 2. The van der Waals surface area contributed by atoms with Crippen molar-refractivity contribution in [3.8, 4) is 0 Å². The van der Waals surface area contributed by atoms with Crippen LogP contribution in [0, 0.1) is 0 Å². The molecule has 0 aromatic carbocycles. The van der Waals surface area contributed by atoms with E-state index < -0.39 is 0 Å². The van der Waals surface area contributed by atoms with Crippen molar-refractivity contribution in [3.63, 3.8) is 0 Å². The predicted molar refractivity (Wildman–Crippen MR) is 72.7 cm³/mol. The number of rotatable bonds is 4. The summed E-state index contributed by atoms with van der Waals surface area (Å²) in [5.74, 6) is 0.278. The van der Waals surface area contributed by atoms with Crippen LogP contribution in [0.1, 0.15) is 19.8 Å². The first-order valence-electron chi connectivity index (χ1n) is 7.16. The molecule has 0 aromatic rings. The molecule has 0 spiro atoms. The maximum Gasteiger partial charge on any atom is 0.237 e. The van der Waals surface area contributed by atoms with Gasteiger partial charge in [0.2, 0.25) is 11.8 Å². The van der Waals surface area contributed by atoms with E-state index in [0.29, 0.717) is 6.54 Å². The van der Waals surface area contributed by atoms with E-state index in [-0.39, 0.29) is 17.9 Å².